The zero-order valence-corrected chi connectivity index (χ0v) is 13.6. The van der Waals surface area contributed by atoms with Crippen LogP contribution in [0, 0.1) is 11.3 Å². The molecule has 120 valence electrons. The number of nitrogens with one attached hydrogen (secondary N) is 1. The number of benzene rings is 2. The first-order valence-corrected chi connectivity index (χ1v) is 8.14. The lowest BCUT2D eigenvalue weighted by molar-refractivity contribution is -0.255. The number of carboxylic acids is 1. The fourth-order valence-electron chi connectivity index (χ4n) is 1.90. The van der Waals surface area contributed by atoms with Gasteiger partial charge in [-0.25, -0.2) is 0 Å². The molecule has 0 aliphatic heterocycles. The van der Waals surface area contributed by atoms with Gasteiger partial charge in [0, 0.05) is 10.6 Å². The molecule has 0 aromatic heterocycles. The van der Waals surface area contributed by atoms with Gasteiger partial charge in [0.1, 0.15) is 11.6 Å². The second kappa shape index (κ2) is 7.99. The SMILES string of the molecule is CSc1ccc(/C=C(\C#N)C(=O)Nc2ccc(C(=O)[O-])cc2)cc1. The van der Waals surface area contributed by atoms with E-state index in [1.807, 2.05) is 36.6 Å². The molecule has 0 spiro atoms. The number of nitriles is 1. The number of aromatic carboxylic acids is 1. The molecule has 0 saturated carbocycles. The van der Waals surface area contributed by atoms with Crippen molar-refractivity contribution in [2.24, 2.45) is 0 Å². The van der Waals surface area contributed by atoms with Gasteiger partial charge in [-0.1, -0.05) is 24.3 Å². The van der Waals surface area contributed by atoms with Crippen molar-refractivity contribution in [3.05, 3.63) is 65.2 Å². The molecule has 2 rings (SSSR count). The van der Waals surface area contributed by atoms with Crippen LogP contribution in [-0.2, 0) is 4.79 Å². The summed E-state index contributed by atoms with van der Waals surface area (Å²) in [5, 5.41) is 22.4. The molecule has 0 unspecified atom stereocenters. The van der Waals surface area contributed by atoms with Crippen molar-refractivity contribution >= 4 is 35.4 Å². The zero-order chi connectivity index (χ0) is 17.5. The Labute approximate surface area is 143 Å². The third-order valence-corrected chi connectivity index (χ3v) is 3.91. The Morgan fingerprint density at radius 3 is 2.25 bits per heavy atom. The van der Waals surface area contributed by atoms with Gasteiger partial charge in [-0.05, 0) is 47.7 Å². The number of nitrogens with zero attached hydrogens (tertiary/aromatic N) is 1. The number of hydrogen-bond donors (Lipinski definition) is 1. The van der Waals surface area contributed by atoms with Crippen molar-refractivity contribution in [1.29, 1.82) is 5.26 Å². The molecule has 1 amide bonds. The summed E-state index contributed by atoms with van der Waals surface area (Å²) in [6.07, 6.45) is 3.46. The average molecular weight is 337 g/mol. The highest BCUT2D eigenvalue weighted by Crippen LogP contribution is 2.17. The van der Waals surface area contributed by atoms with E-state index in [-0.39, 0.29) is 11.1 Å². The second-order valence-corrected chi connectivity index (χ2v) is 5.64. The minimum absolute atomic E-state index is 0.0120. The Morgan fingerprint density at radius 1 is 1.12 bits per heavy atom. The summed E-state index contributed by atoms with van der Waals surface area (Å²) in [4.78, 5) is 23.9. The molecule has 6 heteroatoms. The molecule has 2 aromatic rings. The van der Waals surface area contributed by atoms with Crippen LogP contribution in [0.2, 0.25) is 0 Å². The van der Waals surface area contributed by atoms with Gasteiger partial charge in [-0.2, -0.15) is 5.26 Å². The maximum absolute atomic E-state index is 12.2. The number of carbonyl (C=O) groups excluding carboxylic acids is 2. The van der Waals surface area contributed by atoms with E-state index in [0.717, 1.165) is 10.5 Å². The van der Waals surface area contributed by atoms with E-state index in [0.29, 0.717) is 5.69 Å². The van der Waals surface area contributed by atoms with Crippen LogP contribution < -0.4 is 10.4 Å². The molecule has 5 nitrogen and oxygen atoms in total. The summed E-state index contributed by atoms with van der Waals surface area (Å²) in [6, 6.07) is 14.8. The van der Waals surface area contributed by atoms with E-state index in [2.05, 4.69) is 5.32 Å². The first kappa shape index (κ1) is 17.3. The quantitative estimate of drug-likeness (QED) is 0.513. The van der Waals surface area contributed by atoms with Crippen molar-refractivity contribution in [3.63, 3.8) is 0 Å². The Balaban J connectivity index is 2.14. The standard InChI is InChI=1S/C18H14N2O3S/c1-24-16-8-2-12(3-9-16)10-14(11-19)17(21)20-15-6-4-13(5-7-15)18(22)23/h2-10H,1H3,(H,20,21)(H,22,23)/p-1/b14-10+. The molecular weight excluding hydrogens is 324 g/mol. The van der Waals surface area contributed by atoms with Crippen LogP contribution in [0.3, 0.4) is 0 Å². The predicted octanol–water partition coefficient (Wildman–Crippen LogP) is 2.32. The molecule has 0 heterocycles. The third-order valence-electron chi connectivity index (χ3n) is 3.17. The minimum atomic E-state index is -1.29. The average Bonchev–Trinajstić information content (AvgIpc) is 2.60. The summed E-state index contributed by atoms with van der Waals surface area (Å²) < 4.78 is 0. The second-order valence-electron chi connectivity index (χ2n) is 4.76. The van der Waals surface area contributed by atoms with Crippen molar-refractivity contribution < 1.29 is 14.7 Å². The van der Waals surface area contributed by atoms with E-state index in [9.17, 15) is 20.0 Å². The van der Waals surface area contributed by atoms with E-state index in [4.69, 9.17) is 0 Å². The fourth-order valence-corrected chi connectivity index (χ4v) is 2.31. The fraction of sp³-hybridized carbons (Fsp3) is 0.0556. The highest BCUT2D eigenvalue weighted by Gasteiger charge is 2.09. The third kappa shape index (κ3) is 4.48. The lowest BCUT2D eigenvalue weighted by atomic mass is 10.1. The van der Waals surface area contributed by atoms with Crippen LogP contribution in [-0.4, -0.2) is 18.1 Å². The van der Waals surface area contributed by atoms with E-state index >= 15 is 0 Å². The van der Waals surface area contributed by atoms with Crippen LogP contribution in [0.5, 0.6) is 0 Å². The van der Waals surface area contributed by atoms with Crippen LogP contribution in [0.25, 0.3) is 6.08 Å². The first-order valence-electron chi connectivity index (χ1n) is 6.92. The largest absolute Gasteiger partial charge is 0.545 e. The van der Waals surface area contributed by atoms with Gasteiger partial charge >= 0.3 is 0 Å². The number of thioether (sulfide) groups is 1. The number of hydrogen-bond acceptors (Lipinski definition) is 5. The van der Waals surface area contributed by atoms with Gasteiger partial charge in [0.2, 0.25) is 0 Å². The Bertz CT molecular complexity index is 819. The van der Waals surface area contributed by atoms with Gasteiger partial charge in [-0.3, -0.25) is 4.79 Å². The number of carbonyl (C=O) groups is 2. The molecule has 2 aromatic carbocycles. The van der Waals surface area contributed by atoms with E-state index in [1.165, 1.54) is 30.3 Å². The van der Waals surface area contributed by atoms with E-state index in [1.54, 1.807) is 11.8 Å². The molecule has 0 atom stereocenters. The monoisotopic (exact) mass is 337 g/mol. The molecular formula is C18H13N2O3S-. The van der Waals surface area contributed by atoms with Crippen LogP contribution in [0.1, 0.15) is 15.9 Å². The maximum atomic E-state index is 12.2. The summed E-state index contributed by atoms with van der Waals surface area (Å²) in [5.41, 5.74) is 1.10. The summed E-state index contributed by atoms with van der Waals surface area (Å²) in [6.45, 7) is 0. The topological polar surface area (TPSA) is 93.0 Å². The van der Waals surface area contributed by atoms with Gasteiger partial charge in [0.25, 0.3) is 5.91 Å². The summed E-state index contributed by atoms with van der Waals surface area (Å²) in [7, 11) is 0. The predicted molar refractivity (Wildman–Crippen MR) is 91.2 cm³/mol. The maximum Gasteiger partial charge on any atom is 0.266 e. The lowest BCUT2D eigenvalue weighted by Crippen LogP contribution is -2.22. The Morgan fingerprint density at radius 2 is 1.75 bits per heavy atom. The summed E-state index contributed by atoms with van der Waals surface area (Å²) >= 11 is 1.60. The first-order chi connectivity index (χ1) is 11.5. The molecule has 0 radical (unpaired) electrons. The van der Waals surface area contributed by atoms with Gasteiger partial charge in [-0.15, -0.1) is 11.8 Å². The molecule has 24 heavy (non-hydrogen) atoms. The lowest BCUT2D eigenvalue weighted by Gasteiger charge is -2.06. The minimum Gasteiger partial charge on any atom is -0.545 e. The molecule has 1 N–H and O–H groups in total. The number of amides is 1. The molecule has 0 saturated heterocycles. The van der Waals surface area contributed by atoms with Gasteiger partial charge in [0.05, 0.1) is 5.97 Å². The normalized spacial score (nSPS) is 10.8. The van der Waals surface area contributed by atoms with E-state index < -0.39 is 11.9 Å². The Hall–Kier alpha value is -3.04. The highest BCUT2D eigenvalue weighted by molar-refractivity contribution is 7.98. The van der Waals surface area contributed by atoms with Crippen LogP contribution in [0.4, 0.5) is 5.69 Å². The molecule has 0 aliphatic rings. The van der Waals surface area contributed by atoms with Crippen molar-refractivity contribution in [2.45, 2.75) is 4.90 Å². The molecule has 0 aliphatic carbocycles. The van der Waals surface area contributed by atoms with Gasteiger partial charge in [0.15, 0.2) is 0 Å². The smallest absolute Gasteiger partial charge is 0.266 e. The number of carboxylic acid groups (broad SMARTS) is 1. The molecule has 0 bridgehead atoms. The van der Waals surface area contributed by atoms with Crippen LogP contribution >= 0.6 is 11.8 Å². The Kier molecular flexibility index (Phi) is 5.77. The number of anilines is 1. The van der Waals surface area contributed by atoms with Crippen LogP contribution in [0.15, 0.2) is 59.0 Å². The van der Waals surface area contributed by atoms with Crippen molar-refractivity contribution in [1.82, 2.24) is 0 Å². The number of rotatable bonds is 5. The van der Waals surface area contributed by atoms with Gasteiger partial charge < -0.3 is 15.2 Å². The van der Waals surface area contributed by atoms with Crippen molar-refractivity contribution in [3.8, 4) is 6.07 Å². The molecule has 0 fully saturated rings. The highest BCUT2D eigenvalue weighted by atomic mass is 32.2. The van der Waals surface area contributed by atoms with Crippen molar-refractivity contribution in [2.75, 3.05) is 11.6 Å². The summed E-state index contributed by atoms with van der Waals surface area (Å²) in [5.74, 6) is -1.85. The zero-order valence-electron chi connectivity index (χ0n) is 12.8.